The molecule has 3 aliphatic rings. The third kappa shape index (κ3) is 6.37. The first kappa shape index (κ1) is 20.9. The van der Waals surface area contributed by atoms with Crippen molar-refractivity contribution in [2.45, 2.75) is 37.6 Å². The molecule has 2 N–H and O–H groups in total. The Morgan fingerprint density at radius 1 is 1.23 bits per heavy atom. The molecule has 0 spiro atoms. The third-order valence-electron chi connectivity index (χ3n) is 4.41. The van der Waals surface area contributed by atoms with Gasteiger partial charge in [0.15, 0.2) is 0 Å². The zero-order valence-electron chi connectivity index (χ0n) is 15.0. The van der Waals surface area contributed by atoms with Gasteiger partial charge in [0.2, 0.25) is 0 Å². The molecule has 7 nitrogen and oxygen atoms in total. The Morgan fingerprint density at radius 3 is 2.31 bits per heavy atom. The highest BCUT2D eigenvalue weighted by atomic mass is 32.2. The van der Waals surface area contributed by atoms with Gasteiger partial charge in [0, 0.05) is 30.4 Å². The number of fused-ring (bicyclic) bond motifs is 3. The lowest BCUT2D eigenvalue weighted by molar-refractivity contribution is -0.134. The number of aromatic nitrogens is 2. The Balaban J connectivity index is 0.000000260. The second-order valence-corrected chi connectivity index (χ2v) is 8.45. The minimum atomic E-state index is -1.26. The number of thioether (sulfide) groups is 1. The number of carboxylic acid groups (broad SMARTS) is 2. The third-order valence-corrected chi connectivity index (χ3v) is 6.48. The van der Waals surface area contributed by atoms with Crippen LogP contribution in [0.15, 0.2) is 17.2 Å². The fourth-order valence-corrected chi connectivity index (χ4v) is 4.90. The van der Waals surface area contributed by atoms with Gasteiger partial charge in [-0.25, -0.2) is 9.59 Å². The lowest BCUT2D eigenvalue weighted by Crippen LogP contribution is -2.46. The summed E-state index contributed by atoms with van der Waals surface area (Å²) in [5.74, 6) is 0.869. The summed E-state index contributed by atoms with van der Waals surface area (Å²) in [6.45, 7) is 8.34. The minimum absolute atomic E-state index is 0.558. The van der Waals surface area contributed by atoms with Crippen LogP contribution in [-0.2, 0) is 9.59 Å². The maximum absolute atomic E-state index is 9.55. The highest BCUT2D eigenvalue weighted by Crippen LogP contribution is 2.41. The van der Waals surface area contributed by atoms with Crippen molar-refractivity contribution in [3.8, 4) is 0 Å². The molecule has 2 bridgehead atoms. The molecule has 1 atom stereocenters. The van der Waals surface area contributed by atoms with E-state index in [4.69, 9.17) is 10.2 Å². The molecule has 0 aliphatic carbocycles. The molecule has 9 heteroatoms. The Labute approximate surface area is 161 Å². The molecular formula is C17H25N3O4S2. The first-order valence-electron chi connectivity index (χ1n) is 8.68. The zero-order chi connectivity index (χ0) is 19.1. The molecular weight excluding hydrogens is 374 g/mol. The summed E-state index contributed by atoms with van der Waals surface area (Å²) in [6, 6.07) is 0. The summed E-state index contributed by atoms with van der Waals surface area (Å²) < 4.78 is 9.14. The fraction of sp³-hybridized carbons (Fsp3) is 0.647. The quantitative estimate of drug-likeness (QED) is 0.556. The standard InChI is InChI=1S/C13H21N3S2.C4H4O4/c1-9(2)8-17-13-12(14-18-15-13)11-7-16-5-3-10(11)4-6-16;5-3(6)1-2-4(7)8/h9-11H,3-8H2,1-2H3;1-2H,(H,5,6)(H,7,8)/b;2-1+. The van der Waals surface area contributed by atoms with Gasteiger partial charge in [-0.15, -0.1) is 11.8 Å². The van der Waals surface area contributed by atoms with Crippen LogP contribution in [0.2, 0.25) is 0 Å². The van der Waals surface area contributed by atoms with E-state index in [0.717, 1.165) is 17.6 Å². The van der Waals surface area contributed by atoms with Crippen molar-refractivity contribution < 1.29 is 19.8 Å². The summed E-state index contributed by atoms with van der Waals surface area (Å²) in [7, 11) is 0. The van der Waals surface area contributed by atoms with Crippen LogP contribution in [0.25, 0.3) is 0 Å². The summed E-state index contributed by atoms with van der Waals surface area (Å²) in [6.07, 6.45) is 3.83. The van der Waals surface area contributed by atoms with Gasteiger partial charge in [-0.1, -0.05) is 13.8 Å². The van der Waals surface area contributed by atoms with E-state index < -0.39 is 11.9 Å². The molecule has 0 radical (unpaired) electrons. The number of carboxylic acids is 2. The van der Waals surface area contributed by atoms with E-state index in [-0.39, 0.29) is 0 Å². The maximum atomic E-state index is 9.55. The van der Waals surface area contributed by atoms with E-state index in [1.54, 1.807) is 0 Å². The number of hydrogen-bond donors (Lipinski definition) is 2. The van der Waals surface area contributed by atoms with E-state index >= 15 is 0 Å². The molecule has 1 aromatic heterocycles. The second-order valence-electron chi connectivity index (χ2n) is 6.91. The predicted octanol–water partition coefficient (Wildman–Crippen LogP) is 2.81. The Kier molecular flexibility index (Phi) is 8.05. The van der Waals surface area contributed by atoms with E-state index in [2.05, 4.69) is 27.5 Å². The van der Waals surface area contributed by atoms with Crippen LogP contribution in [0.3, 0.4) is 0 Å². The topological polar surface area (TPSA) is 104 Å². The average molecular weight is 400 g/mol. The molecule has 0 aromatic carbocycles. The van der Waals surface area contributed by atoms with E-state index in [9.17, 15) is 9.59 Å². The summed E-state index contributed by atoms with van der Waals surface area (Å²) >= 11 is 3.30. The smallest absolute Gasteiger partial charge is 0.328 e. The lowest BCUT2D eigenvalue weighted by Gasteiger charge is -2.44. The van der Waals surface area contributed by atoms with E-state index in [1.807, 2.05) is 11.8 Å². The molecule has 4 rings (SSSR count). The molecule has 3 saturated heterocycles. The first-order chi connectivity index (χ1) is 12.4. The number of nitrogens with zero attached hydrogens (tertiary/aromatic N) is 3. The van der Waals surface area contributed by atoms with Gasteiger partial charge in [-0.2, -0.15) is 8.75 Å². The predicted molar refractivity (Wildman–Crippen MR) is 102 cm³/mol. The van der Waals surface area contributed by atoms with Crippen LogP contribution in [-0.4, -0.2) is 61.2 Å². The molecule has 0 saturated carbocycles. The van der Waals surface area contributed by atoms with Crippen molar-refractivity contribution in [3.63, 3.8) is 0 Å². The largest absolute Gasteiger partial charge is 0.478 e. The average Bonchev–Trinajstić information content (AvgIpc) is 3.08. The molecule has 1 aromatic rings. The number of aliphatic carboxylic acids is 2. The zero-order valence-corrected chi connectivity index (χ0v) is 16.6. The number of hydrogen-bond acceptors (Lipinski definition) is 7. The van der Waals surface area contributed by atoms with E-state index in [0.29, 0.717) is 18.1 Å². The molecule has 144 valence electrons. The van der Waals surface area contributed by atoms with Crippen molar-refractivity contribution in [3.05, 3.63) is 17.8 Å². The Morgan fingerprint density at radius 2 is 1.85 bits per heavy atom. The van der Waals surface area contributed by atoms with Crippen LogP contribution >= 0.6 is 23.5 Å². The summed E-state index contributed by atoms with van der Waals surface area (Å²) in [5.41, 5.74) is 1.31. The van der Waals surface area contributed by atoms with Crippen molar-refractivity contribution in [1.29, 1.82) is 0 Å². The first-order valence-corrected chi connectivity index (χ1v) is 10.4. The maximum Gasteiger partial charge on any atom is 0.328 e. The van der Waals surface area contributed by atoms with Gasteiger partial charge in [-0.05, 0) is 37.8 Å². The monoisotopic (exact) mass is 399 g/mol. The van der Waals surface area contributed by atoms with Crippen LogP contribution in [0.5, 0.6) is 0 Å². The summed E-state index contributed by atoms with van der Waals surface area (Å²) in [5, 5.41) is 16.8. The van der Waals surface area contributed by atoms with Gasteiger partial charge in [0.1, 0.15) is 5.03 Å². The van der Waals surface area contributed by atoms with Crippen molar-refractivity contribution >= 4 is 35.4 Å². The second kappa shape index (κ2) is 10.0. The summed E-state index contributed by atoms with van der Waals surface area (Å²) in [4.78, 5) is 21.7. The minimum Gasteiger partial charge on any atom is -0.478 e. The highest BCUT2D eigenvalue weighted by molar-refractivity contribution is 7.99. The van der Waals surface area contributed by atoms with Gasteiger partial charge in [0.25, 0.3) is 0 Å². The van der Waals surface area contributed by atoms with Crippen LogP contribution < -0.4 is 0 Å². The fourth-order valence-electron chi connectivity index (χ4n) is 3.18. The number of rotatable bonds is 6. The van der Waals surface area contributed by atoms with Crippen LogP contribution in [0, 0.1) is 11.8 Å². The van der Waals surface area contributed by atoms with E-state index in [1.165, 1.54) is 54.9 Å². The Bertz CT molecular complexity index is 624. The molecule has 4 heterocycles. The normalized spacial score (nSPS) is 24.5. The van der Waals surface area contributed by atoms with Gasteiger partial charge in [-0.3, -0.25) is 0 Å². The molecule has 1 unspecified atom stereocenters. The van der Waals surface area contributed by atoms with Gasteiger partial charge < -0.3 is 15.1 Å². The molecule has 26 heavy (non-hydrogen) atoms. The van der Waals surface area contributed by atoms with Gasteiger partial charge >= 0.3 is 11.9 Å². The SMILES string of the molecule is CC(C)CSc1nsnc1C1CN2CCC1CC2.O=C(O)/C=C/C(=O)O. The molecule has 0 amide bonds. The number of piperidine rings is 3. The molecule has 3 fully saturated rings. The lowest BCUT2D eigenvalue weighted by atomic mass is 9.78. The highest BCUT2D eigenvalue weighted by Gasteiger charge is 2.37. The van der Waals surface area contributed by atoms with Crippen LogP contribution in [0.1, 0.15) is 38.3 Å². The molecule has 3 aliphatic heterocycles. The number of carbonyl (C=O) groups is 2. The van der Waals surface area contributed by atoms with Gasteiger partial charge in [0.05, 0.1) is 17.4 Å². The Hall–Kier alpha value is -1.45. The van der Waals surface area contributed by atoms with Crippen molar-refractivity contribution in [2.75, 3.05) is 25.4 Å². The van der Waals surface area contributed by atoms with Crippen molar-refractivity contribution in [2.24, 2.45) is 11.8 Å². The van der Waals surface area contributed by atoms with Crippen LogP contribution in [0.4, 0.5) is 0 Å². The van der Waals surface area contributed by atoms with Crippen molar-refractivity contribution in [1.82, 2.24) is 13.6 Å².